The van der Waals surface area contributed by atoms with Gasteiger partial charge < -0.3 is 14.5 Å². The second-order valence-electron chi connectivity index (χ2n) is 6.95. The van der Waals surface area contributed by atoms with Gasteiger partial charge in [0, 0.05) is 43.2 Å². The first-order valence-corrected chi connectivity index (χ1v) is 9.82. The lowest BCUT2D eigenvalue weighted by atomic mass is 10.1. The van der Waals surface area contributed by atoms with Crippen molar-refractivity contribution in [2.45, 2.75) is 19.8 Å². The summed E-state index contributed by atoms with van der Waals surface area (Å²) in [6.45, 7) is 4.12. The number of piperazine rings is 1. The average molecular weight is 401 g/mol. The number of carbonyl (C=O) groups excluding carboxylic acids is 2. The normalized spacial score (nSPS) is 14.1. The molecule has 6 heteroatoms. The molecule has 2 amide bonds. The molecular formula is C22H25ClN2O3. The van der Waals surface area contributed by atoms with E-state index in [1.807, 2.05) is 48.2 Å². The molecule has 5 nitrogen and oxygen atoms in total. The first-order valence-electron chi connectivity index (χ1n) is 9.44. The maximum atomic E-state index is 12.8. The molecule has 0 atom stereocenters. The summed E-state index contributed by atoms with van der Waals surface area (Å²) in [7, 11) is 1.60. The Morgan fingerprint density at radius 1 is 1.04 bits per heavy atom. The van der Waals surface area contributed by atoms with Crippen molar-refractivity contribution in [3.8, 4) is 5.75 Å². The van der Waals surface area contributed by atoms with Gasteiger partial charge in [0.25, 0.3) is 5.91 Å². The number of nitrogens with zero attached hydrogens (tertiary/aromatic N) is 2. The van der Waals surface area contributed by atoms with E-state index in [1.165, 1.54) is 0 Å². The van der Waals surface area contributed by atoms with Crippen molar-refractivity contribution in [1.82, 2.24) is 9.80 Å². The summed E-state index contributed by atoms with van der Waals surface area (Å²) < 4.78 is 5.31. The highest BCUT2D eigenvalue weighted by molar-refractivity contribution is 6.31. The third-order valence-corrected chi connectivity index (χ3v) is 5.51. The fraction of sp³-hybridized carbons (Fsp3) is 0.364. The summed E-state index contributed by atoms with van der Waals surface area (Å²) in [5.74, 6) is 0.782. The highest BCUT2D eigenvalue weighted by atomic mass is 35.5. The summed E-state index contributed by atoms with van der Waals surface area (Å²) in [5, 5.41) is 0.694. The summed E-state index contributed by atoms with van der Waals surface area (Å²) in [5.41, 5.74) is 2.59. The summed E-state index contributed by atoms with van der Waals surface area (Å²) in [6, 6.07) is 13.1. The van der Waals surface area contributed by atoms with Gasteiger partial charge in [0.2, 0.25) is 5.91 Å². The number of hydrogen-bond donors (Lipinski definition) is 0. The molecule has 0 spiro atoms. The van der Waals surface area contributed by atoms with Gasteiger partial charge in [-0.15, -0.1) is 0 Å². The van der Waals surface area contributed by atoms with Gasteiger partial charge in [-0.1, -0.05) is 35.9 Å². The smallest absolute Gasteiger partial charge is 0.254 e. The number of amides is 2. The first kappa shape index (κ1) is 20.2. The summed E-state index contributed by atoms with van der Waals surface area (Å²) in [4.78, 5) is 28.9. The van der Waals surface area contributed by atoms with Crippen molar-refractivity contribution in [3.63, 3.8) is 0 Å². The second kappa shape index (κ2) is 9.11. The third-order valence-electron chi connectivity index (χ3n) is 5.14. The van der Waals surface area contributed by atoms with E-state index in [4.69, 9.17) is 16.3 Å². The summed E-state index contributed by atoms with van der Waals surface area (Å²) in [6.07, 6.45) is 1.05. The van der Waals surface area contributed by atoms with E-state index < -0.39 is 0 Å². The van der Waals surface area contributed by atoms with Gasteiger partial charge in [0.1, 0.15) is 5.75 Å². The van der Waals surface area contributed by atoms with E-state index in [0.29, 0.717) is 55.4 Å². The van der Waals surface area contributed by atoms with Crippen LogP contribution in [0.2, 0.25) is 5.02 Å². The molecule has 0 saturated carbocycles. The van der Waals surface area contributed by atoms with Crippen LogP contribution in [0, 0.1) is 6.92 Å². The zero-order valence-corrected chi connectivity index (χ0v) is 17.0. The van der Waals surface area contributed by atoms with Crippen molar-refractivity contribution in [1.29, 1.82) is 0 Å². The minimum atomic E-state index is -0.0264. The third kappa shape index (κ3) is 4.65. The molecule has 1 saturated heterocycles. The van der Waals surface area contributed by atoms with Crippen LogP contribution in [0.5, 0.6) is 5.75 Å². The van der Waals surface area contributed by atoms with E-state index in [1.54, 1.807) is 18.1 Å². The number of benzene rings is 2. The number of rotatable bonds is 5. The topological polar surface area (TPSA) is 49.9 Å². The molecular weight excluding hydrogens is 376 g/mol. The van der Waals surface area contributed by atoms with E-state index in [-0.39, 0.29) is 11.8 Å². The van der Waals surface area contributed by atoms with Crippen molar-refractivity contribution in [3.05, 3.63) is 64.2 Å². The molecule has 2 aromatic carbocycles. The largest absolute Gasteiger partial charge is 0.496 e. The Labute approximate surface area is 170 Å². The maximum absolute atomic E-state index is 12.8. The first-order chi connectivity index (χ1) is 13.5. The van der Waals surface area contributed by atoms with E-state index >= 15 is 0 Å². The number of hydrogen-bond acceptors (Lipinski definition) is 3. The monoisotopic (exact) mass is 400 g/mol. The van der Waals surface area contributed by atoms with Crippen molar-refractivity contribution >= 4 is 23.4 Å². The fourth-order valence-corrected chi connectivity index (χ4v) is 3.63. The van der Waals surface area contributed by atoms with Gasteiger partial charge in [-0.25, -0.2) is 0 Å². The van der Waals surface area contributed by atoms with E-state index in [2.05, 4.69) is 0 Å². The highest BCUT2D eigenvalue weighted by Crippen LogP contribution is 2.21. The fourth-order valence-electron chi connectivity index (χ4n) is 3.40. The highest BCUT2D eigenvalue weighted by Gasteiger charge is 2.25. The Bertz CT molecular complexity index is 861. The SMILES string of the molecule is COc1cc(C(=O)N2CCN(C(=O)CCc3ccccc3Cl)CC2)ccc1C. The van der Waals surface area contributed by atoms with Crippen LogP contribution in [0.25, 0.3) is 0 Å². The molecule has 0 N–H and O–H groups in total. The van der Waals surface area contributed by atoms with Crippen LogP contribution in [-0.2, 0) is 11.2 Å². The molecule has 1 heterocycles. The zero-order chi connectivity index (χ0) is 20.1. The lowest BCUT2D eigenvalue weighted by Gasteiger charge is -2.35. The van der Waals surface area contributed by atoms with Gasteiger partial charge in [0.15, 0.2) is 0 Å². The van der Waals surface area contributed by atoms with Gasteiger partial charge in [-0.05, 0) is 42.7 Å². The van der Waals surface area contributed by atoms with Crippen LogP contribution in [0.15, 0.2) is 42.5 Å². The number of carbonyl (C=O) groups is 2. The van der Waals surface area contributed by atoms with Crippen LogP contribution in [0.3, 0.4) is 0 Å². The van der Waals surface area contributed by atoms with Crippen LogP contribution in [-0.4, -0.2) is 54.9 Å². The van der Waals surface area contributed by atoms with Crippen molar-refractivity contribution < 1.29 is 14.3 Å². The molecule has 0 radical (unpaired) electrons. The minimum Gasteiger partial charge on any atom is -0.496 e. The average Bonchev–Trinajstić information content (AvgIpc) is 2.73. The molecule has 28 heavy (non-hydrogen) atoms. The van der Waals surface area contributed by atoms with Crippen molar-refractivity contribution in [2.75, 3.05) is 33.3 Å². The molecule has 1 aliphatic rings. The van der Waals surface area contributed by atoms with Crippen LogP contribution >= 0.6 is 11.6 Å². The molecule has 2 aromatic rings. The Hall–Kier alpha value is -2.53. The second-order valence-corrected chi connectivity index (χ2v) is 7.36. The minimum absolute atomic E-state index is 0.0264. The van der Waals surface area contributed by atoms with Gasteiger partial charge in [-0.3, -0.25) is 9.59 Å². The predicted octanol–water partition coefficient (Wildman–Crippen LogP) is 3.57. The van der Waals surface area contributed by atoms with Gasteiger partial charge >= 0.3 is 0 Å². The molecule has 0 bridgehead atoms. The number of ether oxygens (including phenoxy) is 1. The number of halogens is 1. The van der Waals surface area contributed by atoms with Crippen molar-refractivity contribution in [2.24, 2.45) is 0 Å². The van der Waals surface area contributed by atoms with E-state index in [0.717, 1.165) is 11.1 Å². The zero-order valence-electron chi connectivity index (χ0n) is 16.3. The Kier molecular flexibility index (Phi) is 6.57. The standard InChI is InChI=1S/C22H25ClN2O3/c1-16-7-8-18(15-20(16)28-2)22(27)25-13-11-24(12-14-25)21(26)10-9-17-5-3-4-6-19(17)23/h3-8,15H,9-14H2,1-2H3. The van der Waals surface area contributed by atoms with Crippen LogP contribution in [0.4, 0.5) is 0 Å². The van der Waals surface area contributed by atoms with Gasteiger partial charge in [-0.2, -0.15) is 0 Å². The lowest BCUT2D eigenvalue weighted by Crippen LogP contribution is -2.50. The molecule has 0 unspecified atom stereocenters. The Balaban J connectivity index is 1.53. The summed E-state index contributed by atoms with van der Waals surface area (Å²) >= 11 is 6.16. The predicted molar refractivity (Wildman–Crippen MR) is 110 cm³/mol. The maximum Gasteiger partial charge on any atom is 0.254 e. The Morgan fingerprint density at radius 2 is 1.71 bits per heavy atom. The molecule has 0 aromatic heterocycles. The Morgan fingerprint density at radius 3 is 2.39 bits per heavy atom. The quantitative estimate of drug-likeness (QED) is 0.770. The van der Waals surface area contributed by atoms with Crippen LogP contribution < -0.4 is 4.74 Å². The molecule has 148 valence electrons. The van der Waals surface area contributed by atoms with E-state index in [9.17, 15) is 9.59 Å². The molecule has 1 aliphatic heterocycles. The number of aryl methyl sites for hydroxylation is 2. The molecule has 0 aliphatic carbocycles. The lowest BCUT2D eigenvalue weighted by molar-refractivity contribution is -0.132. The van der Waals surface area contributed by atoms with Gasteiger partial charge in [0.05, 0.1) is 7.11 Å². The van der Waals surface area contributed by atoms with Crippen LogP contribution in [0.1, 0.15) is 27.9 Å². The molecule has 3 rings (SSSR count). The number of methoxy groups -OCH3 is 1. The molecule has 1 fully saturated rings.